The Kier molecular flexibility index (Phi) is 3.35. The second-order valence-corrected chi connectivity index (χ2v) is 5.61. The highest BCUT2D eigenvalue weighted by Gasteiger charge is 2.33. The topological polar surface area (TPSA) is 74.2 Å². The molecule has 0 radical (unpaired) electrons. The minimum Gasteiger partial charge on any atom is -0.376 e. The lowest BCUT2D eigenvalue weighted by molar-refractivity contribution is -0.00549. The maximum Gasteiger partial charge on any atom is 0.229 e. The van der Waals surface area contributed by atoms with Gasteiger partial charge in [0.25, 0.3) is 0 Å². The van der Waals surface area contributed by atoms with Crippen LogP contribution in [0.2, 0.25) is 0 Å². The third-order valence-electron chi connectivity index (χ3n) is 4.07. The lowest BCUT2D eigenvalue weighted by Gasteiger charge is -2.26. The second kappa shape index (κ2) is 4.97. The van der Waals surface area contributed by atoms with Gasteiger partial charge in [-0.2, -0.15) is 4.98 Å². The van der Waals surface area contributed by atoms with Crippen LogP contribution in [0.1, 0.15) is 62.7 Å². The lowest BCUT2D eigenvalue weighted by atomic mass is 9.96. The molecular weight excluding hydrogens is 230 g/mol. The van der Waals surface area contributed by atoms with Gasteiger partial charge in [-0.25, -0.2) is 0 Å². The summed E-state index contributed by atoms with van der Waals surface area (Å²) in [5.74, 6) is 2.40. The molecule has 2 aliphatic carbocycles. The Morgan fingerprint density at radius 3 is 2.78 bits per heavy atom. The van der Waals surface area contributed by atoms with Crippen LogP contribution in [-0.4, -0.2) is 22.9 Å². The van der Waals surface area contributed by atoms with Crippen LogP contribution in [0.4, 0.5) is 0 Å². The van der Waals surface area contributed by atoms with Crippen LogP contribution in [0.25, 0.3) is 0 Å². The Morgan fingerprint density at radius 1 is 1.39 bits per heavy atom. The molecule has 2 saturated carbocycles. The van der Waals surface area contributed by atoms with Crippen molar-refractivity contribution in [3.63, 3.8) is 0 Å². The molecule has 5 heteroatoms. The third kappa shape index (κ3) is 2.57. The number of nitrogens with two attached hydrogens (primary N) is 1. The third-order valence-corrected chi connectivity index (χ3v) is 4.07. The summed E-state index contributed by atoms with van der Waals surface area (Å²) in [5, 5.41) is 3.98. The summed E-state index contributed by atoms with van der Waals surface area (Å²) in [7, 11) is 0. The normalized spacial score (nSPS) is 23.7. The van der Waals surface area contributed by atoms with Crippen molar-refractivity contribution in [2.75, 3.05) is 6.61 Å². The molecule has 0 saturated heterocycles. The quantitative estimate of drug-likeness (QED) is 0.838. The summed E-state index contributed by atoms with van der Waals surface area (Å²) >= 11 is 0. The standard InChI is InChI=1S/C13H21N3O2/c1-8(9-5-6-9)13-15-12(16-18-13)11(14)7-17-10-3-2-4-10/h8-11H,2-7,14H2,1H3. The van der Waals surface area contributed by atoms with E-state index in [-0.39, 0.29) is 6.04 Å². The molecule has 3 rings (SSSR count). The van der Waals surface area contributed by atoms with E-state index in [0.29, 0.717) is 24.5 Å². The zero-order valence-corrected chi connectivity index (χ0v) is 10.8. The van der Waals surface area contributed by atoms with E-state index < -0.39 is 0 Å². The van der Waals surface area contributed by atoms with Gasteiger partial charge in [0.15, 0.2) is 5.82 Å². The predicted octanol–water partition coefficient (Wildman–Crippen LogP) is 2.15. The lowest BCUT2D eigenvalue weighted by Crippen LogP contribution is -2.27. The van der Waals surface area contributed by atoms with Crippen molar-refractivity contribution in [1.29, 1.82) is 0 Å². The molecule has 1 aromatic rings. The maximum atomic E-state index is 6.02. The van der Waals surface area contributed by atoms with Gasteiger partial charge in [0.2, 0.25) is 5.89 Å². The van der Waals surface area contributed by atoms with E-state index in [1.165, 1.54) is 19.3 Å². The highest BCUT2D eigenvalue weighted by atomic mass is 16.5. The van der Waals surface area contributed by atoms with Gasteiger partial charge in [0.1, 0.15) is 0 Å². The Labute approximate surface area is 107 Å². The van der Waals surface area contributed by atoms with E-state index in [4.69, 9.17) is 15.0 Å². The van der Waals surface area contributed by atoms with Gasteiger partial charge in [-0.15, -0.1) is 0 Å². The predicted molar refractivity (Wildman–Crippen MR) is 66.0 cm³/mol. The number of ether oxygens (including phenoxy) is 1. The molecule has 5 nitrogen and oxygen atoms in total. The highest BCUT2D eigenvalue weighted by Crippen LogP contribution is 2.41. The second-order valence-electron chi connectivity index (χ2n) is 5.61. The van der Waals surface area contributed by atoms with Gasteiger partial charge < -0.3 is 15.0 Å². The van der Waals surface area contributed by atoms with Crippen molar-refractivity contribution in [2.45, 2.75) is 57.1 Å². The fraction of sp³-hybridized carbons (Fsp3) is 0.846. The summed E-state index contributed by atoms with van der Waals surface area (Å²) in [5.41, 5.74) is 6.02. The zero-order chi connectivity index (χ0) is 12.5. The van der Waals surface area contributed by atoms with E-state index in [1.54, 1.807) is 0 Å². The van der Waals surface area contributed by atoms with E-state index in [9.17, 15) is 0 Å². The van der Waals surface area contributed by atoms with E-state index in [1.807, 2.05) is 0 Å². The molecule has 2 fully saturated rings. The first-order valence-corrected chi connectivity index (χ1v) is 6.94. The number of aromatic nitrogens is 2. The first-order valence-electron chi connectivity index (χ1n) is 6.94. The van der Waals surface area contributed by atoms with E-state index in [0.717, 1.165) is 24.7 Å². The largest absolute Gasteiger partial charge is 0.376 e. The van der Waals surface area contributed by atoms with E-state index in [2.05, 4.69) is 17.1 Å². The van der Waals surface area contributed by atoms with Crippen molar-refractivity contribution in [1.82, 2.24) is 10.1 Å². The number of hydrogen-bond acceptors (Lipinski definition) is 5. The monoisotopic (exact) mass is 251 g/mol. The van der Waals surface area contributed by atoms with Crippen LogP contribution in [0, 0.1) is 5.92 Å². The Morgan fingerprint density at radius 2 is 2.17 bits per heavy atom. The highest BCUT2D eigenvalue weighted by molar-refractivity contribution is 5.01. The smallest absolute Gasteiger partial charge is 0.229 e. The van der Waals surface area contributed by atoms with Gasteiger partial charge >= 0.3 is 0 Å². The molecule has 1 aromatic heterocycles. The van der Waals surface area contributed by atoms with Crippen LogP contribution in [-0.2, 0) is 4.74 Å². The minimum absolute atomic E-state index is 0.269. The van der Waals surface area contributed by atoms with Gasteiger partial charge in [-0.1, -0.05) is 12.1 Å². The molecule has 0 spiro atoms. The molecule has 0 aliphatic heterocycles. The molecule has 0 bridgehead atoms. The van der Waals surface area contributed by atoms with Crippen LogP contribution in [0.5, 0.6) is 0 Å². The van der Waals surface area contributed by atoms with Crippen LogP contribution < -0.4 is 5.73 Å². The number of nitrogens with zero attached hydrogens (tertiary/aromatic N) is 2. The first-order chi connectivity index (χ1) is 8.74. The molecule has 100 valence electrons. The summed E-state index contributed by atoms with van der Waals surface area (Å²) in [4.78, 5) is 4.41. The molecule has 2 unspecified atom stereocenters. The molecule has 0 amide bonds. The van der Waals surface area contributed by atoms with Crippen LogP contribution in [0.3, 0.4) is 0 Å². The molecule has 2 aliphatic rings. The van der Waals surface area contributed by atoms with Gasteiger partial charge in [-0.3, -0.25) is 0 Å². The average molecular weight is 251 g/mol. The fourth-order valence-corrected chi connectivity index (χ4v) is 2.23. The molecular formula is C13H21N3O2. The molecule has 18 heavy (non-hydrogen) atoms. The maximum absolute atomic E-state index is 6.02. The van der Waals surface area contributed by atoms with Crippen LogP contribution in [0.15, 0.2) is 4.52 Å². The number of rotatable bonds is 6. The van der Waals surface area contributed by atoms with Crippen molar-refractivity contribution in [2.24, 2.45) is 11.7 Å². The van der Waals surface area contributed by atoms with E-state index >= 15 is 0 Å². The van der Waals surface area contributed by atoms with Crippen molar-refractivity contribution < 1.29 is 9.26 Å². The van der Waals surface area contributed by atoms with Crippen molar-refractivity contribution >= 4 is 0 Å². The van der Waals surface area contributed by atoms with Gasteiger partial charge in [0, 0.05) is 5.92 Å². The molecule has 2 atom stereocenters. The molecule has 2 N–H and O–H groups in total. The van der Waals surface area contributed by atoms with Crippen molar-refractivity contribution in [3.05, 3.63) is 11.7 Å². The zero-order valence-electron chi connectivity index (χ0n) is 10.8. The molecule has 0 aromatic carbocycles. The average Bonchev–Trinajstić information content (AvgIpc) is 3.03. The summed E-state index contributed by atoms with van der Waals surface area (Å²) in [6.07, 6.45) is 6.52. The van der Waals surface area contributed by atoms with Crippen LogP contribution >= 0.6 is 0 Å². The Balaban J connectivity index is 1.53. The molecule has 1 heterocycles. The van der Waals surface area contributed by atoms with Crippen molar-refractivity contribution in [3.8, 4) is 0 Å². The number of hydrogen-bond donors (Lipinski definition) is 1. The van der Waals surface area contributed by atoms with Gasteiger partial charge in [-0.05, 0) is 38.0 Å². The Bertz CT molecular complexity index is 399. The summed E-state index contributed by atoms with van der Waals surface area (Å²) in [6.45, 7) is 2.63. The minimum atomic E-state index is -0.269. The first kappa shape index (κ1) is 12.1. The summed E-state index contributed by atoms with van der Waals surface area (Å²) in [6, 6.07) is -0.269. The fourth-order valence-electron chi connectivity index (χ4n) is 2.23. The summed E-state index contributed by atoms with van der Waals surface area (Å²) < 4.78 is 11.0. The van der Waals surface area contributed by atoms with Gasteiger partial charge in [0.05, 0.1) is 18.8 Å². The Hall–Kier alpha value is -0.940. The SMILES string of the molecule is CC(c1nc(C(N)COC2CCC2)no1)C1CC1.